The summed E-state index contributed by atoms with van der Waals surface area (Å²) in [6.07, 6.45) is 4.77. The number of amides is 1. The van der Waals surface area contributed by atoms with Crippen LogP contribution in [0.2, 0.25) is 0 Å². The normalized spacial score (nSPS) is 12.0. The lowest BCUT2D eigenvalue weighted by atomic mass is 10.1. The standard InChI is InChI=1S/C17H18N4OS/c1-13(20-17(22)7-6-15-11-23-12-18-15)14-4-2-5-16(10-14)21-9-3-8-19-21/h2-5,8-13H,6-7H2,1H3,(H,20,22). The Balaban J connectivity index is 1.60. The van der Waals surface area contributed by atoms with Gasteiger partial charge in [0.2, 0.25) is 5.91 Å². The summed E-state index contributed by atoms with van der Waals surface area (Å²) in [6.45, 7) is 1.99. The van der Waals surface area contributed by atoms with Crippen LogP contribution in [0.4, 0.5) is 0 Å². The van der Waals surface area contributed by atoms with Gasteiger partial charge >= 0.3 is 0 Å². The minimum absolute atomic E-state index is 0.0370. The van der Waals surface area contributed by atoms with Crippen molar-refractivity contribution >= 4 is 17.2 Å². The number of nitrogens with one attached hydrogen (secondary N) is 1. The Morgan fingerprint density at radius 3 is 3.04 bits per heavy atom. The Morgan fingerprint density at radius 1 is 1.39 bits per heavy atom. The zero-order valence-electron chi connectivity index (χ0n) is 12.8. The second kappa shape index (κ2) is 7.19. The minimum atomic E-state index is -0.0477. The summed E-state index contributed by atoms with van der Waals surface area (Å²) in [5, 5.41) is 9.24. The Kier molecular flexibility index (Phi) is 4.83. The maximum atomic E-state index is 12.1. The molecule has 0 spiro atoms. The molecule has 1 aromatic carbocycles. The number of aryl methyl sites for hydroxylation is 1. The van der Waals surface area contributed by atoms with Gasteiger partial charge in [-0.25, -0.2) is 9.67 Å². The number of hydrogen-bond donors (Lipinski definition) is 1. The molecule has 6 heteroatoms. The largest absolute Gasteiger partial charge is 0.350 e. The molecule has 1 atom stereocenters. The number of aromatic nitrogens is 3. The van der Waals surface area contributed by atoms with Gasteiger partial charge in [-0.2, -0.15) is 5.10 Å². The Morgan fingerprint density at radius 2 is 2.30 bits per heavy atom. The number of carbonyl (C=O) groups is 1. The summed E-state index contributed by atoms with van der Waals surface area (Å²) in [5.41, 5.74) is 4.80. The monoisotopic (exact) mass is 326 g/mol. The highest BCUT2D eigenvalue weighted by molar-refractivity contribution is 7.07. The Hall–Kier alpha value is -2.47. The highest BCUT2D eigenvalue weighted by Gasteiger charge is 2.11. The highest BCUT2D eigenvalue weighted by atomic mass is 32.1. The number of thiazole rings is 1. The van der Waals surface area contributed by atoms with Crippen molar-refractivity contribution in [3.05, 3.63) is 64.9 Å². The lowest BCUT2D eigenvalue weighted by Crippen LogP contribution is -2.26. The molecule has 0 saturated carbocycles. The first kappa shape index (κ1) is 15.4. The van der Waals surface area contributed by atoms with Crippen LogP contribution >= 0.6 is 11.3 Å². The third-order valence-corrected chi connectivity index (χ3v) is 4.24. The van der Waals surface area contributed by atoms with E-state index in [1.807, 2.05) is 48.8 Å². The summed E-state index contributed by atoms with van der Waals surface area (Å²) in [4.78, 5) is 16.3. The van der Waals surface area contributed by atoms with Crippen molar-refractivity contribution in [2.24, 2.45) is 0 Å². The molecule has 0 aliphatic heterocycles. The van der Waals surface area contributed by atoms with Gasteiger partial charge in [-0.3, -0.25) is 4.79 Å². The second-order valence-corrected chi connectivity index (χ2v) is 6.03. The molecule has 0 aliphatic carbocycles. The summed E-state index contributed by atoms with van der Waals surface area (Å²) < 4.78 is 1.81. The SMILES string of the molecule is CC(NC(=O)CCc1cscn1)c1cccc(-n2cccn2)c1. The minimum Gasteiger partial charge on any atom is -0.350 e. The molecule has 3 aromatic rings. The fourth-order valence-electron chi connectivity index (χ4n) is 2.36. The van der Waals surface area contributed by atoms with Gasteiger partial charge in [0.1, 0.15) is 0 Å². The summed E-state index contributed by atoms with van der Waals surface area (Å²) in [6, 6.07) is 9.86. The fraction of sp³-hybridized carbons (Fsp3) is 0.235. The average Bonchev–Trinajstić information content (AvgIpc) is 3.26. The van der Waals surface area contributed by atoms with Crippen LogP contribution < -0.4 is 5.32 Å². The van der Waals surface area contributed by atoms with Gasteiger partial charge in [0.05, 0.1) is 22.9 Å². The van der Waals surface area contributed by atoms with E-state index in [9.17, 15) is 4.79 Å². The first-order valence-corrected chi connectivity index (χ1v) is 8.43. The van der Waals surface area contributed by atoms with E-state index in [1.165, 1.54) is 0 Å². The van der Waals surface area contributed by atoms with Gasteiger partial charge in [-0.05, 0) is 37.1 Å². The van der Waals surface area contributed by atoms with Gasteiger partial charge in [0.15, 0.2) is 0 Å². The maximum absolute atomic E-state index is 12.1. The topological polar surface area (TPSA) is 59.8 Å². The van der Waals surface area contributed by atoms with Crippen molar-refractivity contribution in [2.45, 2.75) is 25.8 Å². The maximum Gasteiger partial charge on any atom is 0.220 e. The van der Waals surface area contributed by atoms with E-state index in [1.54, 1.807) is 27.7 Å². The number of nitrogens with zero attached hydrogens (tertiary/aromatic N) is 3. The van der Waals surface area contributed by atoms with Crippen LogP contribution in [0.5, 0.6) is 0 Å². The zero-order chi connectivity index (χ0) is 16.1. The molecule has 0 radical (unpaired) electrons. The van der Waals surface area contributed by atoms with Crippen LogP contribution in [-0.4, -0.2) is 20.7 Å². The third-order valence-electron chi connectivity index (χ3n) is 3.61. The van der Waals surface area contributed by atoms with Crippen LogP contribution in [0, 0.1) is 0 Å². The van der Waals surface area contributed by atoms with Gasteiger partial charge in [-0.1, -0.05) is 12.1 Å². The number of rotatable bonds is 6. The molecule has 5 nitrogen and oxygen atoms in total. The predicted octanol–water partition coefficient (Wildman–Crippen LogP) is 3.14. The van der Waals surface area contributed by atoms with Gasteiger partial charge in [-0.15, -0.1) is 11.3 Å². The van der Waals surface area contributed by atoms with E-state index >= 15 is 0 Å². The van der Waals surface area contributed by atoms with E-state index in [0.29, 0.717) is 12.8 Å². The quantitative estimate of drug-likeness (QED) is 0.757. The third kappa shape index (κ3) is 4.04. The molecule has 118 valence electrons. The van der Waals surface area contributed by atoms with Crippen molar-refractivity contribution in [1.29, 1.82) is 0 Å². The number of hydrogen-bond acceptors (Lipinski definition) is 4. The van der Waals surface area contributed by atoms with E-state index < -0.39 is 0 Å². The second-order valence-electron chi connectivity index (χ2n) is 5.31. The fourth-order valence-corrected chi connectivity index (χ4v) is 2.95. The van der Waals surface area contributed by atoms with Gasteiger partial charge < -0.3 is 5.32 Å². The number of carbonyl (C=O) groups excluding carboxylic acids is 1. The van der Waals surface area contributed by atoms with Crippen LogP contribution in [0.25, 0.3) is 5.69 Å². The van der Waals surface area contributed by atoms with Crippen LogP contribution in [0.3, 0.4) is 0 Å². The van der Waals surface area contributed by atoms with Crippen LogP contribution in [-0.2, 0) is 11.2 Å². The molecule has 0 fully saturated rings. The molecular formula is C17H18N4OS. The molecular weight excluding hydrogens is 308 g/mol. The van der Waals surface area contributed by atoms with Crippen molar-refractivity contribution in [2.75, 3.05) is 0 Å². The van der Waals surface area contributed by atoms with Crippen LogP contribution in [0.15, 0.2) is 53.6 Å². The summed E-state index contributed by atoms with van der Waals surface area (Å²) in [5.74, 6) is 0.0370. The molecule has 0 aliphatic rings. The van der Waals surface area contributed by atoms with Crippen LogP contribution in [0.1, 0.15) is 30.6 Å². The molecule has 0 saturated heterocycles. The molecule has 23 heavy (non-hydrogen) atoms. The average molecular weight is 326 g/mol. The molecule has 2 aromatic heterocycles. The zero-order valence-corrected chi connectivity index (χ0v) is 13.7. The molecule has 1 unspecified atom stereocenters. The van der Waals surface area contributed by atoms with Crippen molar-refractivity contribution in [1.82, 2.24) is 20.1 Å². The molecule has 1 N–H and O–H groups in total. The number of benzene rings is 1. The Bertz CT molecular complexity index is 753. The lowest BCUT2D eigenvalue weighted by Gasteiger charge is -2.15. The van der Waals surface area contributed by atoms with Gasteiger partial charge in [0.25, 0.3) is 0 Å². The molecule has 3 rings (SSSR count). The first-order valence-electron chi connectivity index (χ1n) is 7.49. The van der Waals surface area contributed by atoms with E-state index in [2.05, 4.69) is 15.4 Å². The van der Waals surface area contributed by atoms with E-state index in [4.69, 9.17) is 0 Å². The van der Waals surface area contributed by atoms with Crippen molar-refractivity contribution < 1.29 is 4.79 Å². The van der Waals surface area contributed by atoms with Gasteiger partial charge in [0, 0.05) is 24.2 Å². The van der Waals surface area contributed by atoms with E-state index in [-0.39, 0.29) is 11.9 Å². The smallest absolute Gasteiger partial charge is 0.220 e. The molecule has 2 heterocycles. The first-order chi connectivity index (χ1) is 11.2. The molecule has 0 bridgehead atoms. The van der Waals surface area contributed by atoms with Crippen molar-refractivity contribution in [3.63, 3.8) is 0 Å². The van der Waals surface area contributed by atoms with Crippen molar-refractivity contribution in [3.8, 4) is 5.69 Å². The Labute approximate surface area is 139 Å². The summed E-state index contributed by atoms with van der Waals surface area (Å²) >= 11 is 1.55. The summed E-state index contributed by atoms with van der Waals surface area (Å²) in [7, 11) is 0. The lowest BCUT2D eigenvalue weighted by molar-refractivity contribution is -0.121. The predicted molar refractivity (Wildman–Crippen MR) is 90.6 cm³/mol. The van der Waals surface area contributed by atoms with E-state index in [0.717, 1.165) is 16.9 Å². The molecule has 1 amide bonds. The highest BCUT2D eigenvalue weighted by Crippen LogP contribution is 2.17.